The summed E-state index contributed by atoms with van der Waals surface area (Å²) in [5.74, 6) is 1.67. The van der Waals surface area contributed by atoms with Crippen molar-refractivity contribution >= 4 is 23.3 Å². The van der Waals surface area contributed by atoms with Gasteiger partial charge in [-0.1, -0.05) is 23.7 Å². The number of hydrogen-bond acceptors (Lipinski definition) is 5. The summed E-state index contributed by atoms with van der Waals surface area (Å²) < 4.78 is 0. The van der Waals surface area contributed by atoms with Crippen molar-refractivity contribution in [3.05, 3.63) is 34.9 Å². The lowest BCUT2D eigenvalue weighted by molar-refractivity contribution is 0.123. The molecule has 1 atom stereocenters. The Labute approximate surface area is 148 Å². The number of benzene rings is 1. The molecule has 3 aliphatic rings. The summed E-state index contributed by atoms with van der Waals surface area (Å²) in [5.41, 5.74) is 7.11. The lowest BCUT2D eigenvalue weighted by atomic mass is 9.98. The normalized spacial score (nSPS) is 25.9. The van der Waals surface area contributed by atoms with Gasteiger partial charge in [0.15, 0.2) is 0 Å². The quantitative estimate of drug-likeness (QED) is 0.896. The molecule has 0 saturated carbocycles. The third kappa shape index (κ3) is 3.15. The summed E-state index contributed by atoms with van der Waals surface area (Å²) in [6, 6.07) is 9.54. The summed E-state index contributed by atoms with van der Waals surface area (Å²) in [6.45, 7) is 3.29. The molecule has 24 heavy (non-hydrogen) atoms. The van der Waals surface area contributed by atoms with E-state index in [0.29, 0.717) is 24.3 Å². The monoisotopic (exact) mass is 345 g/mol. The van der Waals surface area contributed by atoms with Crippen LogP contribution in [0.25, 0.3) is 0 Å². The highest BCUT2D eigenvalue weighted by molar-refractivity contribution is 6.30. The predicted octanol–water partition coefficient (Wildman–Crippen LogP) is 3.02. The first kappa shape index (κ1) is 15.9. The molecule has 0 bridgehead atoms. The summed E-state index contributed by atoms with van der Waals surface area (Å²) in [4.78, 5) is 5.05. The Balaban J connectivity index is 1.40. The highest BCUT2D eigenvalue weighted by Crippen LogP contribution is 2.37. The van der Waals surface area contributed by atoms with Crippen LogP contribution in [0.1, 0.15) is 43.7 Å². The Morgan fingerprint density at radius 3 is 2.62 bits per heavy atom. The minimum Gasteiger partial charge on any atom is -0.385 e. The van der Waals surface area contributed by atoms with Gasteiger partial charge in [-0.15, -0.1) is 10.2 Å². The van der Waals surface area contributed by atoms with E-state index in [0.717, 1.165) is 23.9 Å². The van der Waals surface area contributed by atoms with Crippen LogP contribution in [-0.2, 0) is 0 Å². The van der Waals surface area contributed by atoms with Crippen molar-refractivity contribution in [1.29, 1.82) is 0 Å². The second-order valence-corrected chi connectivity index (χ2v) is 7.39. The molecule has 4 rings (SSSR count). The molecule has 2 N–H and O–H groups in total. The molecular weight excluding hydrogens is 322 g/mol. The van der Waals surface area contributed by atoms with E-state index in [1.807, 2.05) is 6.07 Å². The smallest absolute Gasteiger partial charge is 0.135 e. The molecule has 0 amide bonds. The third-order valence-electron chi connectivity index (χ3n) is 5.46. The number of hydrogen-bond donors (Lipinski definition) is 1. The van der Waals surface area contributed by atoms with Gasteiger partial charge in [-0.05, 0) is 49.9 Å². The molecule has 128 valence electrons. The fraction of sp³-hybridized carbons (Fsp3) is 0.556. The first-order valence-electron chi connectivity index (χ1n) is 8.86. The van der Waals surface area contributed by atoms with E-state index >= 15 is 0 Å². The summed E-state index contributed by atoms with van der Waals surface area (Å²) in [7, 11) is 0. The van der Waals surface area contributed by atoms with Gasteiger partial charge in [0, 0.05) is 30.2 Å². The Morgan fingerprint density at radius 1 is 1.08 bits per heavy atom. The van der Waals surface area contributed by atoms with E-state index in [4.69, 9.17) is 17.3 Å². The number of nitrogens with two attached hydrogens (primary N) is 1. The highest BCUT2D eigenvalue weighted by Gasteiger charge is 2.34. The maximum atomic E-state index is 6.20. The van der Waals surface area contributed by atoms with Gasteiger partial charge in [0.25, 0.3) is 0 Å². The van der Waals surface area contributed by atoms with Crippen molar-refractivity contribution < 1.29 is 0 Å². The molecule has 5 nitrogen and oxygen atoms in total. The van der Waals surface area contributed by atoms with E-state index in [1.165, 1.54) is 37.8 Å². The first-order chi connectivity index (χ1) is 11.7. The van der Waals surface area contributed by atoms with Crippen LogP contribution < -0.4 is 5.73 Å². The Kier molecular flexibility index (Phi) is 4.46. The molecule has 0 unspecified atom stereocenters. The van der Waals surface area contributed by atoms with Gasteiger partial charge < -0.3 is 10.6 Å². The molecule has 2 saturated heterocycles. The number of piperidine rings is 1. The van der Waals surface area contributed by atoms with Crippen molar-refractivity contribution in [1.82, 2.24) is 9.80 Å². The second kappa shape index (κ2) is 6.73. The van der Waals surface area contributed by atoms with Gasteiger partial charge in [-0.25, -0.2) is 0 Å². The molecule has 1 aromatic carbocycles. The molecule has 0 aromatic heterocycles. The standard InChI is InChI=1S/C18H24ClN5/c19-14-4-1-3-13(11-14)16-5-2-8-24(16)15-6-9-23(10-7-15)18-12-17(20)21-22-18/h1,3-4,11,15-16H,2,5-10,12H2,(H2,20,21)/t16-/m1/s1. The van der Waals surface area contributed by atoms with Gasteiger partial charge in [0.05, 0.1) is 6.42 Å². The molecule has 0 spiro atoms. The van der Waals surface area contributed by atoms with E-state index in [2.05, 4.69) is 38.2 Å². The average Bonchev–Trinajstić information content (AvgIpc) is 3.24. The maximum absolute atomic E-state index is 6.20. The molecule has 3 heterocycles. The van der Waals surface area contributed by atoms with Crippen LogP contribution in [0.3, 0.4) is 0 Å². The van der Waals surface area contributed by atoms with Gasteiger partial charge in [0.2, 0.25) is 0 Å². The van der Waals surface area contributed by atoms with Crippen molar-refractivity contribution in [2.45, 2.75) is 44.2 Å². The van der Waals surface area contributed by atoms with Gasteiger partial charge in [-0.2, -0.15) is 0 Å². The molecule has 0 radical (unpaired) electrons. The Hall–Kier alpha value is -1.59. The van der Waals surface area contributed by atoms with Crippen molar-refractivity contribution in [3.8, 4) is 0 Å². The molecule has 1 aromatic rings. The maximum Gasteiger partial charge on any atom is 0.135 e. The van der Waals surface area contributed by atoms with Crippen LogP contribution in [0.2, 0.25) is 5.02 Å². The molecule has 0 aliphatic carbocycles. The van der Waals surface area contributed by atoms with Crippen LogP contribution in [0.15, 0.2) is 34.5 Å². The lowest BCUT2D eigenvalue weighted by Gasteiger charge is -2.40. The third-order valence-corrected chi connectivity index (χ3v) is 5.69. The van der Waals surface area contributed by atoms with Crippen LogP contribution >= 0.6 is 11.6 Å². The van der Waals surface area contributed by atoms with E-state index < -0.39 is 0 Å². The van der Waals surface area contributed by atoms with Crippen molar-refractivity contribution in [2.75, 3.05) is 19.6 Å². The number of nitrogens with zero attached hydrogens (tertiary/aromatic N) is 4. The summed E-state index contributed by atoms with van der Waals surface area (Å²) >= 11 is 6.20. The topological polar surface area (TPSA) is 57.2 Å². The molecule has 3 aliphatic heterocycles. The van der Waals surface area contributed by atoms with E-state index in [9.17, 15) is 0 Å². The number of rotatable bonds is 2. The fourth-order valence-corrected chi connectivity index (χ4v) is 4.48. The zero-order chi connectivity index (χ0) is 16.5. The SMILES string of the molecule is NC1=NN=C(N2CCC(N3CCC[C@@H]3c3cccc(Cl)c3)CC2)C1. The van der Waals surface area contributed by atoms with Gasteiger partial charge >= 0.3 is 0 Å². The number of likely N-dealkylation sites (tertiary alicyclic amines) is 2. The minimum absolute atomic E-state index is 0.517. The van der Waals surface area contributed by atoms with Crippen LogP contribution in [0.4, 0.5) is 0 Å². The average molecular weight is 346 g/mol. The first-order valence-corrected chi connectivity index (χ1v) is 9.23. The molecular formula is C18H24ClN5. The second-order valence-electron chi connectivity index (χ2n) is 6.95. The largest absolute Gasteiger partial charge is 0.385 e. The van der Waals surface area contributed by atoms with Gasteiger partial charge in [-0.3, -0.25) is 4.90 Å². The zero-order valence-corrected chi connectivity index (χ0v) is 14.6. The van der Waals surface area contributed by atoms with Crippen LogP contribution in [0.5, 0.6) is 0 Å². The lowest BCUT2D eigenvalue weighted by Crippen LogP contribution is -2.46. The van der Waals surface area contributed by atoms with Crippen molar-refractivity contribution in [2.24, 2.45) is 15.9 Å². The minimum atomic E-state index is 0.517. The number of amidine groups is 2. The van der Waals surface area contributed by atoms with E-state index in [-0.39, 0.29) is 0 Å². The van der Waals surface area contributed by atoms with Crippen LogP contribution in [-0.4, -0.2) is 47.1 Å². The zero-order valence-electron chi connectivity index (χ0n) is 13.9. The van der Waals surface area contributed by atoms with Gasteiger partial charge in [0.1, 0.15) is 11.7 Å². The Morgan fingerprint density at radius 2 is 1.92 bits per heavy atom. The summed E-state index contributed by atoms with van der Waals surface area (Å²) in [5, 5.41) is 9.02. The van der Waals surface area contributed by atoms with Crippen molar-refractivity contribution in [3.63, 3.8) is 0 Å². The summed E-state index contributed by atoms with van der Waals surface area (Å²) in [6.07, 6.45) is 5.57. The molecule has 2 fully saturated rings. The van der Waals surface area contributed by atoms with E-state index in [1.54, 1.807) is 0 Å². The Bertz CT molecular complexity index is 663. The van der Waals surface area contributed by atoms with Crippen LogP contribution in [0, 0.1) is 0 Å². The fourth-order valence-electron chi connectivity index (χ4n) is 4.28. The highest BCUT2D eigenvalue weighted by atomic mass is 35.5. The molecule has 6 heteroatoms. The number of halogens is 1. The predicted molar refractivity (Wildman–Crippen MR) is 98.4 cm³/mol.